The van der Waals surface area contributed by atoms with Gasteiger partial charge in [-0.25, -0.2) is 0 Å². The number of ether oxygens (including phenoxy) is 1. The van der Waals surface area contributed by atoms with Crippen LogP contribution in [0.1, 0.15) is 38.7 Å². The number of halogens is 2. The number of nitrogens with zero attached hydrogens (tertiary/aromatic N) is 2. The van der Waals surface area contributed by atoms with E-state index in [1.54, 1.807) is 0 Å². The average Bonchev–Trinajstić information content (AvgIpc) is 3.13. The highest BCUT2D eigenvalue weighted by atomic mass is 127. The molecule has 5 nitrogen and oxygen atoms in total. The van der Waals surface area contributed by atoms with Gasteiger partial charge in [0.15, 0.2) is 5.96 Å². The molecule has 0 amide bonds. The number of hydrogen-bond acceptors (Lipinski definition) is 3. The zero-order chi connectivity index (χ0) is 19.5. The second-order valence-electron chi connectivity index (χ2n) is 7.08. The number of aliphatic imine (C=N–C) groups is 1. The molecule has 28 heavy (non-hydrogen) atoms. The van der Waals surface area contributed by atoms with E-state index >= 15 is 0 Å². The summed E-state index contributed by atoms with van der Waals surface area (Å²) in [6.07, 6.45) is 3.34. The Hall–Kier alpha value is -0.730. The van der Waals surface area contributed by atoms with Crippen molar-refractivity contribution in [3.05, 3.63) is 28.8 Å². The van der Waals surface area contributed by atoms with Gasteiger partial charge in [0, 0.05) is 56.6 Å². The zero-order valence-corrected chi connectivity index (χ0v) is 20.6. The third-order valence-electron chi connectivity index (χ3n) is 4.86. The van der Waals surface area contributed by atoms with Crippen LogP contribution in [0.4, 0.5) is 5.69 Å². The van der Waals surface area contributed by atoms with Gasteiger partial charge in [-0.2, -0.15) is 0 Å². The molecule has 2 N–H and O–H groups in total. The minimum atomic E-state index is 0. The number of unbranched alkanes of at least 4 members (excludes halogenated alkanes) is 1. The predicted molar refractivity (Wildman–Crippen MR) is 132 cm³/mol. The van der Waals surface area contributed by atoms with Gasteiger partial charge in [0.25, 0.3) is 0 Å². The topological polar surface area (TPSA) is 48.9 Å². The minimum absolute atomic E-state index is 0. The molecule has 160 valence electrons. The molecule has 7 heteroatoms. The van der Waals surface area contributed by atoms with Crippen LogP contribution in [0.25, 0.3) is 0 Å². The first-order valence-electron chi connectivity index (χ1n) is 10.2. The number of anilines is 1. The third kappa shape index (κ3) is 8.74. The molecule has 1 fully saturated rings. The lowest BCUT2D eigenvalue weighted by atomic mass is 10.1. The Morgan fingerprint density at radius 1 is 1.29 bits per heavy atom. The quantitative estimate of drug-likeness (QED) is 0.206. The summed E-state index contributed by atoms with van der Waals surface area (Å²) < 4.78 is 5.38. The summed E-state index contributed by atoms with van der Waals surface area (Å²) in [4.78, 5) is 7.25. The van der Waals surface area contributed by atoms with Crippen molar-refractivity contribution in [1.29, 1.82) is 0 Å². The third-order valence-corrected chi connectivity index (χ3v) is 5.10. The minimum Gasteiger partial charge on any atom is -0.382 e. The monoisotopic (exact) mass is 522 g/mol. The predicted octanol–water partition coefficient (Wildman–Crippen LogP) is 4.46. The van der Waals surface area contributed by atoms with Gasteiger partial charge in [0.2, 0.25) is 0 Å². The lowest BCUT2D eigenvalue weighted by Gasteiger charge is -2.21. The zero-order valence-electron chi connectivity index (χ0n) is 17.5. The van der Waals surface area contributed by atoms with E-state index in [2.05, 4.69) is 41.5 Å². The summed E-state index contributed by atoms with van der Waals surface area (Å²) >= 11 is 6.18. The van der Waals surface area contributed by atoms with Gasteiger partial charge < -0.3 is 20.3 Å². The van der Waals surface area contributed by atoms with Gasteiger partial charge >= 0.3 is 0 Å². The van der Waals surface area contributed by atoms with Crippen LogP contribution in [0.15, 0.2) is 23.2 Å². The summed E-state index contributed by atoms with van der Waals surface area (Å²) in [5.74, 6) is 1.50. The number of nitrogens with one attached hydrogen (secondary N) is 2. The van der Waals surface area contributed by atoms with Crippen LogP contribution in [-0.4, -0.2) is 51.9 Å². The maximum atomic E-state index is 6.18. The molecular weight excluding hydrogens is 487 g/mol. The van der Waals surface area contributed by atoms with E-state index in [-0.39, 0.29) is 24.0 Å². The maximum Gasteiger partial charge on any atom is 0.191 e. The molecule has 0 saturated carbocycles. The Morgan fingerprint density at radius 2 is 2.11 bits per heavy atom. The van der Waals surface area contributed by atoms with E-state index in [0.717, 1.165) is 69.8 Å². The van der Waals surface area contributed by atoms with Crippen LogP contribution in [0, 0.1) is 12.8 Å². The van der Waals surface area contributed by atoms with Gasteiger partial charge in [0.05, 0.1) is 0 Å². The fourth-order valence-electron chi connectivity index (χ4n) is 3.37. The summed E-state index contributed by atoms with van der Waals surface area (Å²) in [6, 6.07) is 6.14. The van der Waals surface area contributed by atoms with Crippen molar-refractivity contribution < 1.29 is 4.74 Å². The first-order valence-corrected chi connectivity index (χ1v) is 10.6. The molecule has 0 spiro atoms. The van der Waals surface area contributed by atoms with E-state index in [9.17, 15) is 0 Å². The Balaban J connectivity index is 0.00000392. The van der Waals surface area contributed by atoms with E-state index in [1.807, 2.05) is 13.0 Å². The highest BCUT2D eigenvalue weighted by molar-refractivity contribution is 14.0. The van der Waals surface area contributed by atoms with Crippen LogP contribution in [0.5, 0.6) is 0 Å². The molecule has 1 aromatic carbocycles. The van der Waals surface area contributed by atoms with Crippen molar-refractivity contribution in [3.63, 3.8) is 0 Å². The van der Waals surface area contributed by atoms with Crippen molar-refractivity contribution in [2.45, 2.75) is 40.0 Å². The molecule has 1 atom stereocenters. The lowest BCUT2D eigenvalue weighted by Crippen LogP contribution is -2.38. The van der Waals surface area contributed by atoms with Crippen molar-refractivity contribution in [2.24, 2.45) is 10.9 Å². The molecule has 1 aliphatic heterocycles. The largest absolute Gasteiger partial charge is 0.382 e. The summed E-state index contributed by atoms with van der Waals surface area (Å²) in [5.41, 5.74) is 2.54. The average molecular weight is 523 g/mol. The van der Waals surface area contributed by atoms with Crippen molar-refractivity contribution >= 4 is 47.2 Å². The van der Waals surface area contributed by atoms with Crippen molar-refractivity contribution in [3.8, 4) is 0 Å². The Morgan fingerprint density at radius 3 is 2.86 bits per heavy atom. The van der Waals surface area contributed by atoms with Gasteiger partial charge in [-0.05, 0) is 63.6 Å². The smallest absolute Gasteiger partial charge is 0.191 e. The van der Waals surface area contributed by atoms with Crippen molar-refractivity contribution in [2.75, 3.05) is 50.8 Å². The summed E-state index contributed by atoms with van der Waals surface area (Å²) in [6.45, 7) is 12.7. The number of aryl methyl sites for hydroxylation is 1. The summed E-state index contributed by atoms with van der Waals surface area (Å²) in [7, 11) is 0. The Kier molecular flexibility index (Phi) is 12.9. The molecule has 0 aliphatic carbocycles. The molecule has 0 aromatic heterocycles. The molecule has 0 bridgehead atoms. The maximum absolute atomic E-state index is 6.18. The molecule has 0 radical (unpaired) electrons. The molecule has 1 unspecified atom stereocenters. The highest BCUT2D eigenvalue weighted by Crippen LogP contribution is 2.29. The Labute approximate surface area is 192 Å². The number of hydrogen-bond donors (Lipinski definition) is 2. The number of benzene rings is 1. The van der Waals surface area contributed by atoms with Crippen LogP contribution >= 0.6 is 35.6 Å². The van der Waals surface area contributed by atoms with Crippen molar-refractivity contribution in [1.82, 2.24) is 10.6 Å². The molecule has 1 heterocycles. The first kappa shape index (κ1) is 25.3. The van der Waals surface area contributed by atoms with Crippen LogP contribution in [-0.2, 0) is 4.74 Å². The SMILES string of the molecule is CCNC(=NCC1CCN(c2cc(Cl)ccc2C)C1)NCCCCOCC.I. The van der Waals surface area contributed by atoms with Gasteiger partial charge in [-0.3, -0.25) is 4.99 Å². The second-order valence-corrected chi connectivity index (χ2v) is 7.52. The van der Waals surface area contributed by atoms with Crippen LogP contribution < -0.4 is 15.5 Å². The standard InChI is InChI=1S/C21H35ClN4O.HI/c1-4-23-21(24-11-6-7-13-27-5-2)25-15-18-10-12-26(16-18)20-14-19(22)9-8-17(20)3;/h8-9,14,18H,4-7,10-13,15-16H2,1-3H3,(H2,23,24,25);1H. The molecule has 1 aliphatic rings. The molecule has 1 aromatic rings. The van der Waals surface area contributed by atoms with E-state index < -0.39 is 0 Å². The van der Waals surface area contributed by atoms with E-state index in [4.69, 9.17) is 21.3 Å². The first-order chi connectivity index (χ1) is 13.1. The fourth-order valence-corrected chi connectivity index (χ4v) is 3.53. The summed E-state index contributed by atoms with van der Waals surface area (Å²) in [5, 5.41) is 7.58. The highest BCUT2D eigenvalue weighted by Gasteiger charge is 2.23. The Bertz CT molecular complexity index is 600. The molecule has 1 saturated heterocycles. The second kappa shape index (κ2) is 14.3. The van der Waals surface area contributed by atoms with E-state index in [1.165, 1.54) is 17.7 Å². The van der Waals surface area contributed by atoms with Gasteiger partial charge in [0.1, 0.15) is 0 Å². The molecular formula is C21H36ClIN4O. The fraction of sp³-hybridized carbons (Fsp3) is 0.667. The normalized spacial score (nSPS) is 16.8. The van der Waals surface area contributed by atoms with E-state index in [0.29, 0.717) is 5.92 Å². The molecule has 2 rings (SSSR count). The number of guanidine groups is 1. The van der Waals surface area contributed by atoms with Crippen LogP contribution in [0.2, 0.25) is 5.02 Å². The van der Waals surface area contributed by atoms with Crippen LogP contribution in [0.3, 0.4) is 0 Å². The van der Waals surface area contributed by atoms with Gasteiger partial charge in [-0.15, -0.1) is 24.0 Å². The number of rotatable bonds is 10. The lowest BCUT2D eigenvalue weighted by molar-refractivity contribution is 0.143. The van der Waals surface area contributed by atoms with Gasteiger partial charge in [-0.1, -0.05) is 17.7 Å².